The van der Waals surface area contributed by atoms with Gasteiger partial charge in [0.2, 0.25) is 0 Å². The van der Waals surface area contributed by atoms with Gasteiger partial charge in [0, 0.05) is 12.3 Å². The van der Waals surface area contributed by atoms with Crippen LogP contribution in [0.15, 0.2) is 24.3 Å². The zero-order valence-corrected chi connectivity index (χ0v) is 8.28. The van der Waals surface area contributed by atoms with Crippen molar-refractivity contribution in [2.45, 2.75) is 19.3 Å². The van der Waals surface area contributed by atoms with E-state index >= 15 is 0 Å². The molecule has 0 unspecified atom stereocenters. The van der Waals surface area contributed by atoms with Gasteiger partial charge in [0.15, 0.2) is 0 Å². The normalized spacial score (nSPS) is 10.1. The second kappa shape index (κ2) is 6.27. The summed E-state index contributed by atoms with van der Waals surface area (Å²) >= 11 is 0. The van der Waals surface area contributed by atoms with E-state index in [4.69, 9.17) is 15.6 Å². The third kappa shape index (κ3) is 4.14. The Labute approximate surface area is 84.5 Å². The first-order chi connectivity index (χ1) is 6.83. The van der Waals surface area contributed by atoms with E-state index in [2.05, 4.69) is 0 Å². The molecule has 0 aromatic heterocycles. The Hall–Kier alpha value is -1.22. The summed E-state index contributed by atoms with van der Waals surface area (Å²) < 4.78 is 5.47. The van der Waals surface area contributed by atoms with E-state index in [1.807, 2.05) is 24.3 Å². The van der Waals surface area contributed by atoms with Crippen molar-refractivity contribution >= 4 is 5.69 Å². The van der Waals surface area contributed by atoms with Gasteiger partial charge in [-0.25, -0.2) is 0 Å². The molecule has 14 heavy (non-hydrogen) atoms. The summed E-state index contributed by atoms with van der Waals surface area (Å²) in [7, 11) is 0. The molecule has 0 fully saturated rings. The highest BCUT2D eigenvalue weighted by Crippen LogP contribution is 2.13. The van der Waals surface area contributed by atoms with Crippen LogP contribution in [0.5, 0.6) is 5.75 Å². The lowest BCUT2D eigenvalue weighted by molar-refractivity contribution is 0.266. The average molecular weight is 195 g/mol. The lowest BCUT2D eigenvalue weighted by Gasteiger charge is -2.05. The second-order valence-electron chi connectivity index (χ2n) is 3.20. The summed E-state index contributed by atoms with van der Waals surface area (Å²) in [6.07, 6.45) is 2.83. The summed E-state index contributed by atoms with van der Waals surface area (Å²) in [6, 6.07) is 7.37. The molecule has 78 valence electrons. The first kappa shape index (κ1) is 10.9. The number of nitrogens with two attached hydrogens (primary N) is 1. The van der Waals surface area contributed by atoms with Crippen molar-refractivity contribution in [3.8, 4) is 5.75 Å². The Balaban J connectivity index is 2.15. The van der Waals surface area contributed by atoms with E-state index < -0.39 is 0 Å². The number of hydrogen-bond donors (Lipinski definition) is 2. The number of rotatable bonds is 6. The number of aliphatic hydroxyl groups excluding tert-OH is 1. The standard InChI is InChI=1S/C11H17NO2/c12-10-4-6-11(7-5-10)14-9-3-1-2-8-13/h4-7,13H,1-3,8-9,12H2. The Kier molecular flexibility index (Phi) is 4.86. The number of anilines is 1. The lowest BCUT2D eigenvalue weighted by atomic mass is 10.2. The Morgan fingerprint density at radius 2 is 1.79 bits per heavy atom. The monoisotopic (exact) mass is 195 g/mol. The first-order valence-corrected chi connectivity index (χ1v) is 4.92. The quantitative estimate of drug-likeness (QED) is 0.537. The highest BCUT2D eigenvalue weighted by molar-refractivity contribution is 5.41. The first-order valence-electron chi connectivity index (χ1n) is 4.92. The van der Waals surface area contributed by atoms with Crippen LogP contribution in [0.2, 0.25) is 0 Å². The highest BCUT2D eigenvalue weighted by Gasteiger charge is 1.93. The number of benzene rings is 1. The molecular formula is C11H17NO2. The predicted molar refractivity (Wildman–Crippen MR) is 57.3 cm³/mol. The molecule has 1 rings (SSSR count). The molecule has 1 aromatic rings. The number of hydrogen-bond acceptors (Lipinski definition) is 3. The third-order valence-electron chi connectivity index (χ3n) is 1.95. The second-order valence-corrected chi connectivity index (χ2v) is 3.20. The number of ether oxygens (including phenoxy) is 1. The maximum atomic E-state index is 8.56. The average Bonchev–Trinajstić information content (AvgIpc) is 2.21. The Morgan fingerprint density at radius 1 is 1.07 bits per heavy atom. The van der Waals surface area contributed by atoms with Crippen molar-refractivity contribution in [2.24, 2.45) is 0 Å². The van der Waals surface area contributed by atoms with Crippen LogP contribution < -0.4 is 10.5 Å². The van der Waals surface area contributed by atoms with Crippen LogP contribution in [0.1, 0.15) is 19.3 Å². The van der Waals surface area contributed by atoms with E-state index in [9.17, 15) is 0 Å². The largest absolute Gasteiger partial charge is 0.494 e. The van der Waals surface area contributed by atoms with Gasteiger partial charge in [0.1, 0.15) is 5.75 Å². The van der Waals surface area contributed by atoms with Crippen molar-refractivity contribution < 1.29 is 9.84 Å². The smallest absolute Gasteiger partial charge is 0.119 e. The molecule has 0 aliphatic rings. The van der Waals surface area contributed by atoms with Gasteiger partial charge < -0.3 is 15.6 Å². The number of nitrogen functional groups attached to an aromatic ring is 1. The zero-order valence-electron chi connectivity index (χ0n) is 8.28. The minimum Gasteiger partial charge on any atom is -0.494 e. The van der Waals surface area contributed by atoms with E-state index in [-0.39, 0.29) is 6.61 Å². The maximum absolute atomic E-state index is 8.56. The molecular weight excluding hydrogens is 178 g/mol. The van der Waals surface area contributed by atoms with E-state index in [1.165, 1.54) is 0 Å². The van der Waals surface area contributed by atoms with Crippen molar-refractivity contribution in [1.29, 1.82) is 0 Å². The summed E-state index contributed by atoms with van der Waals surface area (Å²) in [6.45, 7) is 0.964. The summed E-state index contributed by atoms with van der Waals surface area (Å²) in [4.78, 5) is 0. The molecule has 0 spiro atoms. The molecule has 0 amide bonds. The van der Waals surface area contributed by atoms with Crippen LogP contribution in [0, 0.1) is 0 Å². The van der Waals surface area contributed by atoms with Crippen molar-refractivity contribution in [3.63, 3.8) is 0 Å². The summed E-state index contributed by atoms with van der Waals surface area (Å²) in [5.41, 5.74) is 6.29. The molecule has 0 saturated heterocycles. The van der Waals surface area contributed by atoms with Crippen LogP contribution in [-0.4, -0.2) is 18.3 Å². The fraction of sp³-hybridized carbons (Fsp3) is 0.455. The van der Waals surface area contributed by atoms with Gasteiger partial charge in [0.25, 0.3) is 0 Å². The highest BCUT2D eigenvalue weighted by atomic mass is 16.5. The minimum absolute atomic E-state index is 0.266. The maximum Gasteiger partial charge on any atom is 0.119 e. The van der Waals surface area contributed by atoms with Gasteiger partial charge in [0.05, 0.1) is 6.61 Å². The Bertz CT molecular complexity index is 246. The van der Waals surface area contributed by atoms with Crippen molar-refractivity contribution in [2.75, 3.05) is 18.9 Å². The van der Waals surface area contributed by atoms with Gasteiger partial charge in [-0.15, -0.1) is 0 Å². The molecule has 3 N–H and O–H groups in total. The van der Waals surface area contributed by atoms with Crippen LogP contribution in [-0.2, 0) is 0 Å². The molecule has 1 aromatic carbocycles. The van der Waals surface area contributed by atoms with Gasteiger partial charge in [-0.05, 0) is 43.5 Å². The molecule has 3 nitrogen and oxygen atoms in total. The molecule has 0 aliphatic heterocycles. The lowest BCUT2D eigenvalue weighted by Crippen LogP contribution is -1.98. The van der Waals surface area contributed by atoms with Crippen molar-refractivity contribution in [3.05, 3.63) is 24.3 Å². The van der Waals surface area contributed by atoms with Crippen molar-refractivity contribution in [1.82, 2.24) is 0 Å². The van der Waals surface area contributed by atoms with Gasteiger partial charge in [-0.1, -0.05) is 0 Å². The minimum atomic E-state index is 0.266. The van der Waals surface area contributed by atoms with Gasteiger partial charge in [-0.3, -0.25) is 0 Å². The van der Waals surface area contributed by atoms with E-state index in [0.29, 0.717) is 6.61 Å². The summed E-state index contributed by atoms with van der Waals surface area (Å²) in [5, 5.41) is 8.56. The van der Waals surface area contributed by atoms with E-state index in [0.717, 1.165) is 30.7 Å². The molecule has 0 saturated carbocycles. The van der Waals surface area contributed by atoms with Gasteiger partial charge >= 0.3 is 0 Å². The summed E-state index contributed by atoms with van der Waals surface area (Å²) in [5.74, 6) is 0.850. The van der Waals surface area contributed by atoms with Crippen LogP contribution in [0.3, 0.4) is 0 Å². The number of unbranched alkanes of at least 4 members (excludes halogenated alkanes) is 2. The SMILES string of the molecule is Nc1ccc(OCCCCCO)cc1. The Morgan fingerprint density at radius 3 is 2.43 bits per heavy atom. The van der Waals surface area contributed by atoms with Crippen LogP contribution in [0.4, 0.5) is 5.69 Å². The molecule has 0 atom stereocenters. The zero-order chi connectivity index (χ0) is 10.2. The fourth-order valence-electron chi connectivity index (χ4n) is 1.14. The van der Waals surface area contributed by atoms with Gasteiger partial charge in [-0.2, -0.15) is 0 Å². The van der Waals surface area contributed by atoms with E-state index in [1.54, 1.807) is 0 Å². The molecule has 0 bridgehead atoms. The molecule has 0 heterocycles. The van der Waals surface area contributed by atoms with Crippen LogP contribution in [0.25, 0.3) is 0 Å². The molecule has 0 aliphatic carbocycles. The molecule has 0 radical (unpaired) electrons. The molecule has 3 heteroatoms. The number of aliphatic hydroxyl groups is 1. The predicted octanol–water partition coefficient (Wildman–Crippen LogP) is 1.81. The third-order valence-corrected chi connectivity index (χ3v) is 1.95. The fourth-order valence-corrected chi connectivity index (χ4v) is 1.14. The van der Waals surface area contributed by atoms with Crippen LogP contribution >= 0.6 is 0 Å². The topological polar surface area (TPSA) is 55.5 Å².